The van der Waals surface area contributed by atoms with E-state index in [1.54, 1.807) is 0 Å². The fourth-order valence-corrected chi connectivity index (χ4v) is 2.56. The Bertz CT molecular complexity index is 180. The summed E-state index contributed by atoms with van der Waals surface area (Å²) in [6, 6.07) is 0. The van der Waals surface area contributed by atoms with Gasteiger partial charge < -0.3 is 0 Å². The van der Waals surface area contributed by atoms with Crippen molar-refractivity contribution in [3.8, 4) is 0 Å². The lowest BCUT2D eigenvalue weighted by Crippen LogP contribution is -1.86. The first-order valence-electron chi connectivity index (χ1n) is 7.95. The normalized spacial score (nSPS) is 10.8. The first-order valence-corrected chi connectivity index (χ1v) is 8.75. The molecular formula is C16H31BrO. The molecule has 0 heterocycles. The van der Waals surface area contributed by atoms with E-state index >= 15 is 0 Å². The molecule has 0 rings (SSSR count). The van der Waals surface area contributed by atoms with Crippen LogP contribution in [0.5, 0.6) is 0 Å². The molecule has 0 N–H and O–H groups in total. The Morgan fingerprint density at radius 1 is 0.667 bits per heavy atom. The smallest absolute Gasteiger partial charge is 0.197 e. The fraction of sp³-hybridized carbons (Fsp3) is 0.938. The van der Waals surface area contributed by atoms with Crippen LogP contribution in [0.4, 0.5) is 0 Å². The van der Waals surface area contributed by atoms with Crippen molar-refractivity contribution < 1.29 is 4.79 Å². The lowest BCUT2D eigenvalue weighted by Gasteiger charge is -2.02. The number of carbonyl (C=O) groups excluding carboxylic acids is 1. The highest BCUT2D eigenvalue weighted by atomic mass is 79.9. The molecule has 0 spiro atoms. The van der Waals surface area contributed by atoms with Crippen LogP contribution in [0, 0.1) is 0 Å². The summed E-state index contributed by atoms with van der Waals surface area (Å²) in [6.07, 6.45) is 18.4. The van der Waals surface area contributed by atoms with Crippen molar-refractivity contribution in [2.24, 2.45) is 0 Å². The Morgan fingerprint density at radius 2 is 1.00 bits per heavy atom. The molecule has 18 heavy (non-hydrogen) atoms. The van der Waals surface area contributed by atoms with Crippen molar-refractivity contribution in [3.05, 3.63) is 0 Å². The van der Waals surface area contributed by atoms with E-state index in [2.05, 4.69) is 22.9 Å². The summed E-state index contributed by atoms with van der Waals surface area (Å²) in [4.78, 5) is 10.7. The molecule has 108 valence electrons. The van der Waals surface area contributed by atoms with Crippen molar-refractivity contribution >= 4 is 20.6 Å². The fourth-order valence-electron chi connectivity index (χ4n) is 2.28. The molecule has 0 unspecified atom stereocenters. The van der Waals surface area contributed by atoms with Gasteiger partial charge in [0.05, 0.1) is 0 Å². The second kappa shape index (κ2) is 15.2. The van der Waals surface area contributed by atoms with E-state index in [0.717, 1.165) is 6.42 Å². The van der Waals surface area contributed by atoms with Gasteiger partial charge in [0, 0.05) is 6.42 Å². The number of halogens is 1. The number of rotatable bonds is 14. The Morgan fingerprint density at radius 3 is 1.33 bits per heavy atom. The zero-order valence-electron chi connectivity index (χ0n) is 12.2. The molecule has 0 saturated heterocycles. The molecular weight excluding hydrogens is 288 g/mol. The van der Waals surface area contributed by atoms with Gasteiger partial charge in [-0.1, -0.05) is 84.0 Å². The quantitative estimate of drug-likeness (QED) is 0.268. The standard InChI is InChI=1S/C16H31BrO/c1-2-3-4-5-6-7-8-9-10-11-12-13-14-15-16(17)18/h2-15H2,1H3. The lowest BCUT2D eigenvalue weighted by atomic mass is 10.0. The zero-order chi connectivity index (χ0) is 13.5. The number of unbranched alkanes of at least 4 members (excludes halogenated alkanes) is 12. The molecule has 0 aliphatic carbocycles. The van der Waals surface area contributed by atoms with Gasteiger partial charge in [-0.15, -0.1) is 0 Å². The van der Waals surface area contributed by atoms with E-state index in [4.69, 9.17) is 0 Å². The summed E-state index contributed by atoms with van der Waals surface area (Å²) in [5.41, 5.74) is 0. The number of hydrogen-bond acceptors (Lipinski definition) is 1. The SMILES string of the molecule is CCCCCCCCCCCCCCCC(=O)Br. The molecule has 0 aromatic rings. The third-order valence-corrected chi connectivity index (χ3v) is 3.87. The summed E-state index contributed by atoms with van der Waals surface area (Å²) in [6.45, 7) is 2.27. The Balaban J connectivity index is 2.92. The van der Waals surface area contributed by atoms with Crippen LogP contribution in [0.2, 0.25) is 0 Å². The molecule has 0 bridgehead atoms. The maximum Gasteiger partial charge on any atom is 0.197 e. The maximum atomic E-state index is 10.7. The van der Waals surface area contributed by atoms with Gasteiger partial charge in [-0.3, -0.25) is 4.79 Å². The first-order chi connectivity index (χ1) is 8.77. The average Bonchev–Trinajstić information content (AvgIpc) is 2.34. The van der Waals surface area contributed by atoms with Crippen LogP contribution in [-0.4, -0.2) is 4.69 Å². The van der Waals surface area contributed by atoms with Crippen molar-refractivity contribution in [1.82, 2.24) is 0 Å². The van der Waals surface area contributed by atoms with Gasteiger partial charge in [0.2, 0.25) is 0 Å². The molecule has 0 saturated carbocycles. The molecule has 0 atom stereocenters. The Hall–Kier alpha value is 0.150. The van der Waals surface area contributed by atoms with E-state index < -0.39 is 0 Å². The van der Waals surface area contributed by atoms with Gasteiger partial charge in [0.25, 0.3) is 0 Å². The predicted octanol–water partition coefficient (Wildman–Crippen LogP) is 6.39. The monoisotopic (exact) mass is 318 g/mol. The van der Waals surface area contributed by atoms with Gasteiger partial charge in [0.1, 0.15) is 0 Å². The highest BCUT2D eigenvalue weighted by molar-refractivity contribution is 9.18. The van der Waals surface area contributed by atoms with Crippen molar-refractivity contribution in [3.63, 3.8) is 0 Å². The molecule has 0 radical (unpaired) electrons. The van der Waals surface area contributed by atoms with Crippen LogP contribution in [0.25, 0.3) is 0 Å². The number of carbonyl (C=O) groups is 1. The van der Waals surface area contributed by atoms with E-state index in [1.165, 1.54) is 77.0 Å². The summed E-state index contributed by atoms with van der Waals surface area (Å²) in [5.74, 6) is 0. The van der Waals surface area contributed by atoms with E-state index in [-0.39, 0.29) is 4.69 Å². The van der Waals surface area contributed by atoms with Crippen molar-refractivity contribution in [1.29, 1.82) is 0 Å². The molecule has 0 amide bonds. The van der Waals surface area contributed by atoms with Gasteiger partial charge >= 0.3 is 0 Å². The third-order valence-electron chi connectivity index (χ3n) is 3.48. The lowest BCUT2D eigenvalue weighted by molar-refractivity contribution is -0.110. The Kier molecular flexibility index (Phi) is 15.3. The minimum Gasteiger partial charge on any atom is -0.287 e. The van der Waals surface area contributed by atoms with Crippen LogP contribution >= 0.6 is 15.9 Å². The number of hydrogen-bond donors (Lipinski definition) is 0. The minimum absolute atomic E-state index is 0.158. The summed E-state index contributed by atoms with van der Waals surface area (Å²) < 4.78 is 0.158. The van der Waals surface area contributed by atoms with Gasteiger partial charge in [-0.25, -0.2) is 0 Å². The summed E-state index contributed by atoms with van der Waals surface area (Å²) >= 11 is 2.97. The van der Waals surface area contributed by atoms with Crippen molar-refractivity contribution in [2.45, 2.75) is 96.8 Å². The largest absolute Gasteiger partial charge is 0.287 e. The first kappa shape index (κ1) is 18.1. The van der Waals surface area contributed by atoms with E-state index in [1.807, 2.05) is 0 Å². The predicted molar refractivity (Wildman–Crippen MR) is 84.2 cm³/mol. The van der Waals surface area contributed by atoms with E-state index in [0.29, 0.717) is 6.42 Å². The second-order valence-electron chi connectivity index (χ2n) is 5.35. The molecule has 0 aromatic heterocycles. The van der Waals surface area contributed by atoms with Crippen LogP contribution < -0.4 is 0 Å². The molecule has 0 aliphatic heterocycles. The maximum absolute atomic E-state index is 10.7. The molecule has 0 fully saturated rings. The topological polar surface area (TPSA) is 17.1 Å². The molecule has 2 heteroatoms. The van der Waals surface area contributed by atoms with Crippen LogP contribution in [-0.2, 0) is 4.79 Å². The van der Waals surface area contributed by atoms with Crippen LogP contribution in [0.3, 0.4) is 0 Å². The molecule has 1 nitrogen and oxygen atoms in total. The van der Waals surface area contributed by atoms with Crippen LogP contribution in [0.15, 0.2) is 0 Å². The highest BCUT2D eigenvalue weighted by Crippen LogP contribution is 2.13. The molecule has 0 aliphatic rings. The van der Waals surface area contributed by atoms with Gasteiger partial charge in [-0.2, -0.15) is 0 Å². The minimum atomic E-state index is 0.158. The van der Waals surface area contributed by atoms with Gasteiger partial charge in [0.15, 0.2) is 4.69 Å². The summed E-state index contributed by atoms with van der Waals surface area (Å²) in [5, 5.41) is 0. The molecule has 0 aromatic carbocycles. The van der Waals surface area contributed by atoms with Gasteiger partial charge in [-0.05, 0) is 22.4 Å². The zero-order valence-corrected chi connectivity index (χ0v) is 13.8. The van der Waals surface area contributed by atoms with Crippen molar-refractivity contribution in [2.75, 3.05) is 0 Å². The Labute approximate surface area is 122 Å². The average molecular weight is 319 g/mol. The highest BCUT2D eigenvalue weighted by Gasteiger charge is 1.96. The second-order valence-corrected chi connectivity index (χ2v) is 6.23. The summed E-state index contributed by atoms with van der Waals surface area (Å²) in [7, 11) is 0. The third kappa shape index (κ3) is 16.1. The van der Waals surface area contributed by atoms with Crippen LogP contribution in [0.1, 0.15) is 96.8 Å². The van der Waals surface area contributed by atoms with E-state index in [9.17, 15) is 4.79 Å².